The number of allylic oxidation sites excluding steroid dienone is 2. The summed E-state index contributed by atoms with van der Waals surface area (Å²) in [5.74, 6) is -0.489. The summed E-state index contributed by atoms with van der Waals surface area (Å²) >= 11 is 0. The van der Waals surface area contributed by atoms with Gasteiger partial charge in [0.15, 0.2) is 0 Å². The maximum atomic E-state index is 12.1. The second kappa shape index (κ2) is 26.8. The van der Waals surface area contributed by atoms with E-state index in [2.05, 4.69) is 19.1 Å². The third kappa shape index (κ3) is 32.0. The summed E-state index contributed by atoms with van der Waals surface area (Å²) in [5.41, 5.74) is 0. The fraction of sp³-hybridized carbons (Fsp3) is 0.906. The summed E-state index contributed by atoms with van der Waals surface area (Å²) in [6.07, 6.45) is 27.2. The third-order valence-corrected chi connectivity index (χ3v) is 7.86. The normalized spacial score (nSPS) is 14.4. The van der Waals surface area contributed by atoms with E-state index in [1.165, 1.54) is 110 Å². The Bertz CT molecular complexity index is 681. The number of rotatable bonds is 30. The Hall–Kier alpha value is -0.760. The fourth-order valence-corrected chi connectivity index (χ4v) is 5.11. The lowest BCUT2D eigenvalue weighted by Crippen LogP contribution is -2.37. The molecule has 0 aromatic rings. The van der Waals surface area contributed by atoms with Gasteiger partial charge in [-0.2, -0.15) is 0 Å². The SMILES string of the molecule is CCCCCCCC/C=C\CCCCCCCCCCCCOCC(COP(=O)(O)OCC[N+](C)(C)C)OC(C)=O. The topological polar surface area (TPSA) is 91.3 Å². The summed E-state index contributed by atoms with van der Waals surface area (Å²) in [6.45, 7) is 4.62. The molecule has 0 saturated heterocycles. The Balaban J connectivity index is 3.65. The zero-order valence-electron chi connectivity index (χ0n) is 27.3. The maximum absolute atomic E-state index is 12.1. The van der Waals surface area contributed by atoms with Crippen LogP contribution in [0.15, 0.2) is 12.2 Å². The number of esters is 1. The molecular weight excluding hydrogens is 541 g/mol. The van der Waals surface area contributed by atoms with E-state index in [4.69, 9.17) is 18.5 Å². The van der Waals surface area contributed by atoms with E-state index >= 15 is 0 Å². The predicted molar refractivity (Wildman–Crippen MR) is 169 cm³/mol. The zero-order chi connectivity index (χ0) is 30.7. The standard InChI is InChI=1S/C32H64NO7P/c1-6-7-8-9-10-11-12-13-14-15-16-17-18-19-20-21-22-23-24-25-27-37-29-32(40-31(2)34)30-39-41(35,36)38-28-26-33(3,4)5/h13-14,32H,6-12,15-30H2,1-5H3/p+1/b14-13-. The molecule has 0 heterocycles. The van der Waals surface area contributed by atoms with E-state index in [1.807, 2.05) is 21.1 Å². The molecule has 1 N–H and O–H groups in total. The van der Waals surface area contributed by atoms with Crippen LogP contribution in [0.5, 0.6) is 0 Å². The molecule has 8 nitrogen and oxygen atoms in total. The largest absolute Gasteiger partial charge is 0.472 e. The minimum Gasteiger partial charge on any atom is -0.458 e. The van der Waals surface area contributed by atoms with Crippen molar-refractivity contribution in [2.24, 2.45) is 0 Å². The Labute approximate surface area is 252 Å². The van der Waals surface area contributed by atoms with E-state index in [-0.39, 0.29) is 19.8 Å². The molecule has 0 bridgehead atoms. The van der Waals surface area contributed by atoms with Crippen molar-refractivity contribution in [2.45, 2.75) is 136 Å². The van der Waals surface area contributed by atoms with Gasteiger partial charge >= 0.3 is 13.8 Å². The number of ether oxygens (including phenoxy) is 2. The number of likely N-dealkylation sites (N-methyl/N-ethyl adjacent to an activating group) is 1. The van der Waals surface area contributed by atoms with Crippen LogP contribution in [0.3, 0.4) is 0 Å². The molecule has 0 radical (unpaired) electrons. The number of quaternary nitrogens is 1. The van der Waals surface area contributed by atoms with E-state index in [1.54, 1.807) is 0 Å². The van der Waals surface area contributed by atoms with Crippen LogP contribution < -0.4 is 0 Å². The van der Waals surface area contributed by atoms with E-state index < -0.39 is 19.9 Å². The third-order valence-electron chi connectivity index (χ3n) is 6.88. The van der Waals surface area contributed by atoms with Crippen LogP contribution in [0.2, 0.25) is 0 Å². The molecule has 0 aliphatic carbocycles. The van der Waals surface area contributed by atoms with Gasteiger partial charge in [-0.1, -0.05) is 103 Å². The van der Waals surface area contributed by atoms with Gasteiger partial charge < -0.3 is 18.9 Å². The van der Waals surface area contributed by atoms with Crippen LogP contribution >= 0.6 is 7.82 Å². The van der Waals surface area contributed by atoms with Gasteiger partial charge in [-0.25, -0.2) is 4.57 Å². The molecule has 41 heavy (non-hydrogen) atoms. The number of carbonyl (C=O) groups excluding carboxylic acids is 1. The van der Waals surface area contributed by atoms with Crippen LogP contribution in [0.1, 0.15) is 129 Å². The number of nitrogens with zero attached hydrogens (tertiary/aromatic N) is 1. The Morgan fingerprint density at radius 2 is 1.22 bits per heavy atom. The van der Waals surface area contributed by atoms with Gasteiger partial charge in [0.2, 0.25) is 0 Å². The van der Waals surface area contributed by atoms with Crippen molar-refractivity contribution < 1.29 is 37.3 Å². The molecule has 0 aromatic carbocycles. The highest BCUT2D eigenvalue weighted by atomic mass is 31.2. The second-order valence-electron chi connectivity index (χ2n) is 12.3. The van der Waals surface area contributed by atoms with Gasteiger partial charge in [-0.05, 0) is 32.1 Å². The maximum Gasteiger partial charge on any atom is 0.472 e. The molecule has 9 heteroatoms. The first-order chi connectivity index (χ1) is 19.6. The van der Waals surface area contributed by atoms with Crippen molar-refractivity contribution in [2.75, 3.05) is 54.1 Å². The van der Waals surface area contributed by atoms with E-state index in [0.29, 0.717) is 17.6 Å². The van der Waals surface area contributed by atoms with Crippen molar-refractivity contribution in [3.05, 3.63) is 12.2 Å². The molecular formula is C32H65NO7P+. The second-order valence-corrected chi connectivity index (χ2v) is 13.7. The molecule has 0 spiro atoms. The van der Waals surface area contributed by atoms with Crippen LogP contribution in [-0.4, -0.2) is 75.6 Å². The molecule has 0 rings (SSSR count). The predicted octanol–water partition coefficient (Wildman–Crippen LogP) is 8.37. The minimum absolute atomic E-state index is 0.0866. The van der Waals surface area contributed by atoms with Gasteiger partial charge in [0.05, 0.1) is 34.4 Å². The average molecular weight is 607 g/mol. The van der Waals surface area contributed by atoms with E-state index in [0.717, 1.165) is 12.8 Å². The molecule has 0 saturated carbocycles. The highest BCUT2D eigenvalue weighted by Crippen LogP contribution is 2.43. The number of unbranched alkanes of at least 4 members (excludes halogenated alkanes) is 16. The Morgan fingerprint density at radius 3 is 1.71 bits per heavy atom. The van der Waals surface area contributed by atoms with Crippen LogP contribution in [0.4, 0.5) is 0 Å². The number of hydrogen-bond donors (Lipinski definition) is 1. The number of phosphoric acid groups is 1. The summed E-state index contributed by atoms with van der Waals surface area (Å²) < 4.78 is 33.5. The smallest absolute Gasteiger partial charge is 0.458 e. The quantitative estimate of drug-likeness (QED) is 0.0289. The van der Waals surface area contributed by atoms with Gasteiger partial charge in [0.1, 0.15) is 19.3 Å². The highest BCUT2D eigenvalue weighted by molar-refractivity contribution is 7.47. The first-order valence-corrected chi connectivity index (χ1v) is 17.9. The van der Waals surface area contributed by atoms with Crippen molar-refractivity contribution in [3.63, 3.8) is 0 Å². The molecule has 2 atom stereocenters. The van der Waals surface area contributed by atoms with Gasteiger partial charge in [0.25, 0.3) is 0 Å². The molecule has 0 aliphatic rings. The van der Waals surface area contributed by atoms with Gasteiger partial charge in [0, 0.05) is 13.5 Å². The zero-order valence-corrected chi connectivity index (χ0v) is 28.2. The van der Waals surface area contributed by atoms with Crippen LogP contribution in [-0.2, 0) is 27.9 Å². The molecule has 2 unspecified atom stereocenters. The number of carbonyl (C=O) groups is 1. The van der Waals surface area contributed by atoms with Gasteiger partial charge in [-0.3, -0.25) is 13.8 Å². The monoisotopic (exact) mass is 606 g/mol. The van der Waals surface area contributed by atoms with Crippen LogP contribution in [0, 0.1) is 0 Å². The summed E-state index contributed by atoms with van der Waals surface area (Å²) in [5, 5.41) is 0. The Kier molecular flexibility index (Phi) is 26.3. The summed E-state index contributed by atoms with van der Waals surface area (Å²) in [6, 6.07) is 0. The summed E-state index contributed by atoms with van der Waals surface area (Å²) in [7, 11) is 1.66. The molecule has 0 fully saturated rings. The van der Waals surface area contributed by atoms with Crippen molar-refractivity contribution in [3.8, 4) is 0 Å². The van der Waals surface area contributed by atoms with Crippen LogP contribution in [0.25, 0.3) is 0 Å². The summed E-state index contributed by atoms with van der Waals surface area (Å²) in [4.78, 5) is 21.3. The first kappa shape index (κ1) is 40.2. The van der Waals surface area contributed by atoms with Crippen molar-refractivity contribution >= 4 is 13.8 Å². The molecule has 244 valence electrons. The van der Waals surface area contributed by atoms with Crippen molar-refractivity contribution in [1.82, 2.24) is 0 Å². The first-order valence-electron chi connectivity index (χ1n) is 16.4. The number of hydrogen-bond acceptors (Lipinski definition) is 6. The molecule has 0 aliphatic heterocycles. The average Bonchev–Trinajstić information content (AvgIpc) is 2.89. The lowest BCUT2D eigenvalue weighted by Gasteiger charge is -2.24. The lowest BCUT2D eigenvalue weighted by atomic mass is 10.1. The molecule has 0 aromatic heterocycles. The Morgan fingerprint density at radius 1 is 0.732 bits per heavy atom. The molecule has 0 amide bonds. The van der Waals surface area contributed by atoms with E-state index in [9.17, 15) is 14.3 Å². The number of phosphoric ester groups is 1. The highest BCUT2D eigenvalue weighted by Gasteiger charge is 2.25. The van der Waals surface area contributed by atoms with Gasteiger partial charge in [-0.15, -0.1) is 0 Å². The minimum atomic E-state index is -4.22. The lowest BCUT2D eigenvalue weighted by molar-refractivity contribution is -0.870. The fourth-order valence-electron chi connectivity index (χ4n) is 4.37. The van der Waals surface area contributed by atoms with Crippen molar-refractivity contribution in [1.29, 1.82) is 0 Å².